The minimum Gasteiger partial charge on any atom is -0.368 e. The molecule has 2 N–H and O–H groups in total. The van der Waals surface area contributed by atoms with Crippen LogP contribution in [0.4, 0.5) is 20.4 Å². The summed E-state index contributed by atoms with van der Waals surface area (Å²) < 4.78 is 27.4. The van der Waals surface area contributed by atoms with Gasteiger partial charge in [0.2, 0.25) is 0 Å². The van der Waals surface area contributed by atoms with E-state index in [0.717, 1.165) is 38.2 Å². The van der Waals surface area contributed by atoms with Crippen molar-refractivity contribution in [1.29, 1.82) is 0 Å². The number of rotatable bonds is 6. The van der Waals surface area contributed by atoms with Crippen molar-refractivity contribution in [3.63, 3.8) is 0 Å². The standard InChI is InChI=1S/C14H21F2N3/c1-3-8-17-12-10(15)9-11(16)13(18-12)19-14(4-2)6-5-7-14/h9H,3-8H2,1-2H3,(H2,17,18,19). The van der Waals surface area contributed by atoms with Crippen LogP contribution in [0.2, 0.25) is 0 Å². The average molecular weight is 269 g/mol. The lowest BCUT2D eigenvalue weighted by molar-refractivity contribution is 0.267. The molecule has 2 rings (SSSR count). The molecule has 0 aliphatic heterocycles. The minimum absolute atomic E-state index is 0.0618. The molecule has 1 heterocycles. The van der Waals surface area contributed by atoms with Crippen molar-refractivity contribution in [2.24, 2.45) is 0 Å². The van der Waals surface area contributed by atoms with Gasteiger partial charge in [-0.3, -0.25) is 0 Å². The predicted molar refractivity (Wildman–Crippen MR) is 73.4 cm³/mol. The van der Waals surface area contributed by atoms with Gasteiger partial charge < -0.3 is 10.6 Å². The fraction of sp³-hybridized carbons (Fsp3) is 0.643. The highest BCUT2D eigenvalue weighted by Gasteiger charge is 2.36. The Morgan fingerprint density at radius 3 is 2.42 bits per heavy atom. The van der Waals surface area contributed by atoms with Crippen molar-refractivity contribution in [2.45, 2.75) is 51.5 Å². The van der Waals surface area contributed by atoms with Gasteiger partial charge in [-0.1, -0.05) is 13.8 Å². The van der Waals surface area contributed by atoms with E-state index in [2.05, 4.69) is 22.5 Å². The van der Waals surface area contributed by atoms with Crippen LogP contribution in [0.15, 0.2) is 6.07 Å². The molecule has 0 amide bonds. The predicted octanol–water partition coefficient (Wildman–Crippen LogP) is 3.93. The summed E-state index contributed by atoms with van der Waals surface area (Å²) in [5, 5.41) is 6.04. The number of aromatic nitrogens is 1. The fourth-order valence-electron chi connectivity index (χ4n) is 2.34. The zero-order chi connectivity index (χ0) is 13.9. The Morgan fingerprint density at radius 1 is 1.21 bits per heavy atom. The van der Waals surface area contributed by atoms with Gasteiger partial charge in [-0.25, -0.2) is 13.8 Å². The molecule has 1 aliphatic rings. The van der Waals surface area contributed by atoms with Crippen LogP contribution in [0, 0.1) is 11.6 Å². The Balaban J connectivity index is 2.19. The Kier molecular flexibility index (Phi) is 4.22. The maximum atomic E-state index is 13.8. The molecule has 0 radical (unpaired) electrons. The quantitative estimate of drug-likeness (QED) is 0.821. The number of nitrogens with zero attached hydrogens (tertiary/aromatic N) is 1. The zero-order valence-electron chi connectivity index (χ0n) is 11.5. The molecule has 1 fully saturated rings. The second-order valence-corrected chi connectivity index (χ2v) is 5.19. The maximum Gasteiger partial charge on any atom is 0.168 e. The van der Waals surface area contributed by atoms with Crippen LogP contribution in [0.1, 0.15) is 46.0 Å². The summed E-state index contributed by atoms with van der Waals surface area (Å²) in [6.07, 6.45) is 4.95. The van der Waals surface area contributed by atoms with E-state index in [9.17, 15) is 8.78 Å². The summed E-state index contributed by atoms with van der Waals surface area (Å²) in [4.78, 5) is 4.05. The highest BCUT2D eigenvalue weighted by Crippen LogP contribution is 2.38. The van der Waals surface area contributed by atoms with Crippen molar-refractivity contribution in [2.75, 3.05) is 17.2 Å². The van der Waals surface area contributed by atoms with Crippen LogP contribution >= 0.6 is 0 Å². The summed E-state index contributed by atoms with van der Waals surface area (Å²) in [5.74, 6) is -0.993. The number of halogens is 2. The van der Waals surface area contributed by atoms with Gasteiger partial charge in [-0.15, -0.1) is 0 Å². The van der Waals surface area contributed by atoms with E-state index in [1.54, 1.807) is 0 Å². The molecular formula is C14H21F2N3. The topological polar surface area (TPSA) is 37.0 Å². The first-order valence-corrected chi connectivity index (χ1v) is 6.98. The molecule has 1 aliphatic carbocycles. The molecule has 1 aromatic rings. The second kappa shape index (κ2) is 5.72. The number of hydrogen-bond donors (Lipinski definition) is 2. The summed E-state index contributed by atoms with van der Waals surface area (Å²) in [6.45, 7) is 4.67. The molecular weight excluding hydrogens is 248 g/mol. The third-order valence-electron chi connectivity index (χ3n) is 3.84. The normalized spacial score (nSPS) is 16.8. The molecule has 0 saturated heterocycles. The Hall–Kier alpha value is -1.39. The first-order chi connectivity index (χ1) is 9.10. The minimum atomic E-state index is -0.643. The molecule has 0 aromatic carbocycles. The van der Waals surface area contributed by atoms with Crippen molar-refractivity contribution in [3.8, 4) is 0 Å². The van der Waals surface area contributed by atoms with E-state index in [0.29, 0.717) is 6.54 Å². The number of hydrogen-bond acceptors (Lipinski definition) is 3. The van der Waals surface area contributed by atoms with Crippen LogP contribution in [0.5, 0.6) is 0 Å². The van der Waals surface area contributed by atoms with Crippen LogP contribution in [0.3, 0.4) is 0 Å². The fourth-order valence-corrected chi connectivity index (χ4v) is 2.34. The van der Waals surface area contributed by atoms with Crippen molar-refractivity contribution in [1.82, 2.24) is 4.98 Å². The van der Waals surface area contributed by atoms with Crippen molar-refractivity contribution >= 4 is 11.6 Å². The zero-order valence-corrected chi connectivity index (χ0v) is 11.5. The Morgan fingerprint density at radius 2 is 1.89 bits per heavy atom. The van der Waals surface area contributed by atoms with E-state index in [-0.39, 0.29) is 17.2 Å². The maximum absolute atomic E-state index is 13.8. The summed E-state index contributed by atoms with van der Waals surface area (Å²) in [5.41, 5.74) is -0.0618. The van der Waals surface area contributed by atoms with Crippen LogP contribution < -0.4 is 10.6 Å². The Bertz CT molecular complexity index is 439. The van der Waals surface area contributed by atoms with Crippen LogP contribution in [0.25, 0.3) is 0 Å². The van der Waals surface area contributed by atoms with E-state index < -0.39 is 11.6 Å². The number of nitrogens with one attached hydrogen (secondary N) is 2. The molecule has 0 bridgehead atoms. The van der Waals surface area contributed by atoms with E-state index in [1.165, 1.54) is 0 Å². The van der Waals surface area contributed by atoms with Gasteiger partial charge >= 0.3 is 0 Å². The SMILES string of the molecule is CCCNc1nc(NC2(CC)CCC2)c(F)cc1F. The summed E-state index contributed by atoms with van der Waals surface area (Å²) in [6, 6.07) is 0.898. The number of pyridine rings is 1. The monoisotopic (exact) mass is 269 g/mol. The first kappa shape index (κ1) is 14.0. The van der Waals surface area contributed by atoms with E-state index in [4.69, 9.17) is 0 Å². The van der Waals surface area contributed by atoms with Crippen LogP contribution in [-0.2, 0) is 0 Å². The summed E-state index contributed by atoms with van der Waals surface area (Å²) >= 11 is 0. The first-order valence-electron chi connectivity index (χ1n) is 6.98. The lowest BCUT2D eigenvalue weighted by atomic mass is 9.75. The van der Waals surface area contributed by atoms with Gasteiger partial charge in [0.1, 0.15) is 0 Å². The molecule has 0 atom stereocenters. The lowest BCUT2D eigenvalue weighted by Crippen LogP contribution is -2.44. The molecule has 1 aromatic heterocycles. The van der Waals surface area contributed by atoms with Gasteiger partial charge in [-0.2, -0.15) is 0 Å². The molecule has 19 heavy (non-hydrogen) atoms. The van der Waals surface area contributed by atoms with Gasteiger partial charge in [0.15, 0.2) is 23.3 Å². The van der Waals surface area contributed by atoms with Gasteiger partial charge in [0.25, 0.3) is 0 Å². The molecule has 106 valence electrons. The van der Waals surface area contributed by atoms with Gasteiger partial charge in [0.05, 0.1) is 0 Å². The largest absolute Gasteiger partial charge is 0.368 e. The lowest BCUT2D eigenvalue weighted by Gasteiger charge is -2.42. The average Bonchev–Trinajstić information content (AvgIpc) is 2.35. The third-order valence-corrected chi connectivity index (χ3v) is 3.84. The van der Waals surface area contributed by atoms with Crippen molar-refractivity contribution < 1.29 is 8.78 Å². The molecule has 0 spiro atoms. The highest BCUT2D eigenvalue weighted by molar-refractivity contribution is 5.49. The molecule has 5 heteroatoms. The molecule has 0 unspecified atom stereocenters. The van der Waals surface area contributed by atoms with E-state index >= 15 is 0 Å². The number of anilines is 2. The second-order valence-electron chi connectivity index (χ2n) is 5.19. The highest BCUT2D eigenvalue weighted by atomic mass is 19.1. The van der Waals surface area contributed by atoms with Crippen molar-refractivity contribution in [3.05, 3.63) is 17.7 Å². The van der Waals surface area contributed by atoms with Gasteiger partial charge in [-0.05, 0) is 32.1 Å². The van der Waals surface area contributed by atoms with E-state index in [1.807, 2.05) is 6.92 Å². The molecule has 3 nitrogen and oxygen atoms in total. The van der Waals surface area contributed by atoms with Crippen LogP contribution in [-0.4, -0.2) is 17.1 Å². The van der Waals surface area contributed by atoms with Gasteiger partial charge in [0, 0.05) is 18.2 Å². The third kappa shape index (κ3) is 2.96. The summed E-state index contributed by atoms with van der Waals surface area (Å²) in [7, 11) is 0. The Labute approximate surface area is 112 Å². The molecule has 1 saturated carbocycles. The smallest absolute Gasteiger partial charge is 0.168 e.